The average Bonchev–Trinajstić information content (AvgIpc) is 3.24. The lowest BCUT2D eigenvalue weighted by atomic mass is 9.60. The van der Waals surface area contributed by atoms with Crippen molar-refractivity contribution in [3.63, 3.8) is 0 Å². The molecule has 4 rings (SSSR count). The van der Waals surface area contributed by atoms with Gasteiger partial charge in [-0.3, -0.25) is 9.69 Å². The number of ether oxygens (including phenoxy) is 1. The number of methoxy groups -OCH3 is 1. The van der Waals surface area contributed by atoms with Crippen LogP contribution < -0.4 is 5.32 Å². The molecule has 0 bridgehead atoms. The predicted octanol–water partition coefficient (Wildman–Crippen LogP) is 2.67. The van der Waals surface area contributed by atoms with Gasteiger partial charge in [0.1, 0.15) is 0 Å². The molecule has 170 valence electrons. The van der Waals surface area contributed by atoms with Gasteiger partial charge < -0.3 is 19.9 Å². The first-order valence-electron chi connectivity index (χ1n) is 11.5. The highest BCUT2D eigenvalue weighted by Gasteiger charge is 2.64. The Morgan fingerprint density at radius 1 is 1.16 bits per heavy atom. The lowest BCUT2D eigenvalue weighted by molar-refractivity contribution is -0.141. The van der Waals surface area contributed by atoms with E-state index in [1.165, 1.54) is 5.56 Å². The molecule has 7 nitrogen and oxygen atoms in total. The molecule has 0 radical (unpaired) electrons. The van der Waals surface area contributed by atoms with E-state index in [4.69, 9.17) is 4.74 Å². The van der Waals surface area contributed by atoms with Gasteiger partial charge in [-0.15, -0.1) is 0 Å². The Balaban J connectivity index is 1.45. The number of carbonyl (C=O) groups is 2. The third-order valence-corrected chi connectivity index (χ3v) is 7.87. The quantitative estimate of drug-likeness (QED) is 0.783. The van der Waals surface area contributed by atoms with Crippen LogP contribution >= 0.6 is 0 Å². The molecule has 7 heteroatoms. The average molecular weight is 429 g/mol. The van der Waals surface area contributed by atoms with Crippen molar-refractivity contribution < 1.29 is 14.3 Å². The Hall–Kier alpha value is -2.12. The molecule has 3 aliphatic heterocycles. The minimum atomic E-state index is -0.312. The minimum absolute atomic E-state index is 0.0405. The summed E-state index contributed by atoms with van der Waals surface area (Å²) in [5.74, 6) is 0.293. The smallest absolute Gasteiger partial charge is 0.321 e. The van der Waals surface area contributed by atoms with Crippen LogP contribution in [0.3, 0.4) is 0 Å². The molecule has 1 aromatic carbocycles. The number of anilines is 1. The van der Waals surface area contributed by atoms with E-state index in [0.717, 1.165) is 57.5 Å². The molecule has 31 heavy (non-hydrogen) atoms. The van der Waals surface area contributed by atoms with Crippen molar-refractivity contribution in [2.24, 2.45) is 10.8 Å². The Morgan fingerprint density at radius 2 is 1.94 bits per heavy atom. The first kappa shape index (κ1) is 22.1. The molecule has 3 amide bonds. The van der Waals surface area contributed by atoms with Crippen LogP contribution in [-0.2, 0) is 16.0 Å². The Morgan fingerprint density at radius 3 is 2.58 bits per heavy atom. The lowest BCUT2D eigenvalue weighted by Crippen LogP contribution is -2.54. The standard InChI is InChI=1S/C24H36N4O3/c1-4-19-6-5-7-20(16-19)25-22(30)28-12-8-23(9-13-28)17-27(14-15-31-3)18-24(23)10-11-26(2)21(24)29/h5-7,16H,4,8-15,17-18H2,1-3H3,(H,25,30). The van der Waals surface area contributed by atoms with E-state index < -0.39 is 0 Å². The molecular formula is C24H36N4O3. The lowest BCUT2D eigenvalue weighted by Gasteiger charge is -2.46. The third-order valence-electron chi connectivity index (χ3n) is 7.87. The molecule has 0 aromatic heterocycles. The summed E-state index contributed by atoms with van der Waals surface area (Å²) in [4.78, 5) is 32.5. The summed E-state index contributed by atoms with van der Waals surface area (Å²) in [6.07, 6.45) is 3.61. The Labute approximate surface area is 185 Å². The fraction of sp³-hybridized carbons (Fsp3) is 0.667. The molecule has 1 N–H and O–H groups in total. The van der Waals surface area contributed by atoms with Gasteiger partial charge in [0.25, 0.3) is 0 Å². The predicted molar refractivity (Wildman–Crippen MR) is 121 cm³/mol. The van der Waals surface area contributed by atoms with Gasteiger partial charge >= 0.3 is 6.03 Å². The number of carbonyl (C=O) groups excluding carboxylic acids is 2. The molecule has 3 fully saturated rings. The highest BCUT2D eigenvalue weighted by molar-refractivity contribution is 5.90. The van der Waals surface area contributed by atoms with Gasteiger partial charge in [0.05, 0.1) is 12.0 Å². The number of urea groups is 1. The number of amides is 3. The number of fused-ring (bicyclic) bond motifs is 1. The molecule has 3 saturated heterocycles. The van der Waals surface area contributed by atoms with Crippen LogP contribution in [0.25, 0.3) is 0 Å². The van der Waals surface area contributed by atoms with Gasteiger partial charge in [-0.1, -0.05) is 19.1 Å². The van der Waals surface area contributed by atoms with E-state index in [1.807, 2.05) is 35.0 Å². The van der Waals surface area contributed by atoms with Crippen LogP contribution in [0.4, 0.5) is 10.5 Å². The zero-order valence-corrected chi connectivity index (χ0v) is 19.2. The van der Waals surface area contributed by atoms with Gasteiger partial charge in [-0.05, 0) is 43.4 Å². The van der Waals surface area contributed by atoms with Crippen molar-refractivity contribution in [2.45, 2.75) is 32.6 Å². The van der Waals surface area contributed by atoms with Gasteiger partial charge in [0.2, 0.25) is 5.91 Å². The maximum Gasteiger partial charge on any atom is 0.321 e. The van der Waals surface area contributed by atoms with Crippen LogP contribution in [0.2, 0.25) is 0 Å². The summed E-state index contributed by atoms with van der Waals surface area (Å²) in [5, 5.41) is 3.06. The summed E-state index contributed by atoms with van der Waals surface area (Å²) in [7, 11) is 3.65. The summed E-state index contributed by atoms with van der Waals surface area (Å²) in [5.41, 5.74) is 1.69. The third kappa shape index (κ3) is 3.94. The maximum absolute atomic E-state index is 13.3. The van der Waals surface area contributed by atoms with Crippen molar-refractivity contribution in [2.75, 3.05) is 65.3 Å². The number of benzene rings is 1. The second-order valence-corrected chi connectivity index (χ2v) is 9.51. The summed E-state index contributed by atoms with van der Waals surface area (Å²) >= 11 is 0. The number of likely N-dealkylation sites (tertiary alicyclic amines) is 3. The Kier molecular flexibility index (Phi) is 6.26. The fourth-order valence-corrected chi connectivity index (χ4v) is 5.98. The summed E-state index contributed by atoms with van der Waals surface area (Å²) in [6.45, 7) is 7.60. The Bertz CT molecular complexity index is 821. The topological polar surface area (TPSA) is 65.1 Å². The van der Waals surface area contributed by atoms with E-state index in [-0.39, 0.29) is 16.9 Å². The molecule has 2 spiro atoms. The molecule has 1 aromatic rings. The van der Waals surface area contributed by atoms with Crippen molar-refractivity contribution in [3.8, 4) is 0 Å². The number of aryl methyl sites for hydroxylation is 1. The van der Waals surface area contributed by atoms with E-state index >= 15 is 0 Å². The number of rotatable bonds is 5. The fourth-order valence-electron chi connectivity index (χ4n) is 5.98. The summed E-state index contributed by atoms with van der Waals surface area (Å²) in [6, 6.07) is 8.00. The highest BCUT2D eigenvalue weighted by Crippen LogP contribution is 2.57. The zero-order valence-electron chi connectivity index (χ0n) is 19.2. The van der Waals surface area contributed by atoms with Crippen LogP contribution in [0.1, 0.15) is 31.7 Å². The van der Waals surface area contributed by atoms with Crippen molar-refractivity contribution >= 4 is 17.6 Å². The zero-order chi connectivity index (χ0) is 22.1. The van der Waals surface area contributed by atoms with Crippen molar-refractivity contribution in [1.29, 1.82) is 0 Å². The van der Waals surface area contributed by atoms with E-state index in [0.29, 0.717) is 25.6 Å². The molecule has 1 atom stereocenters. The second kappa shape index (κ2) is 8.79. The van der Waals surface area contributed by atoms with Gasteiger partial charge in [0, 0.05) is 64.5 Å². The van der Waals surface area contributed by atoms with Gasteiger partial charge in [-0.25, -0.2) is 4.79 Å². The SMILES string of the molecule is CCc1cccc(NC(=O)N2CCC3(CC2)CN(CCOC)CC32CCN(C)C2=O)c1. The van der Waals surface area contributed by atoms with E-state index in [1.54, 1.807) is 7.11 Å². The number of hydrogen-bond donors (Lipinski definition) is 1. The molecular weight excluding hydrogens is 392 g/mol. The van der Waals surface area contributed by atoms with Gasteiger partial charge in [0.15, 0.2) is 0 Å². The van der Waals surface area contributed by atoms with Crippen molar-refractivity contribution in [1.82, 2.24) is 14.7 Å². The van der Waals surface area contributed by atoms with E-state index in [9.17, 15) is 9.59 Å². The molecule has 3 heterocycles. The van der Waals surface area contributed by atoms with Gasteiger partial charge in [-0.2, -0.15) is 0 Å². The van der Waals surface area contributed by atoms with Crippen LogP contribution in [0.15, 0.2) is 24.3 Å². The second-order valence-electron chi connectivity index (χ2n) is 9.51. The van der Waals surface area contributed by atoms with Crippen molar-refractivity contribution in [3.05, 3.63) is 29.8 Å². The first-order chi connectivity index (χ1) is 14.9. The van der Waals surface area contributed by atoms with Crippen LogP contribution in [0, 0.1) is 10.8 Å². The maximum atomic E-state index is 13.3. The normalized spacial score (nSPS) is 25.7. The van der Waals surface area contributed by atoms with Crippen LogP contribution in [0.5, 0.6) is 0 Å². The largest absolute Gasteiger partial charge is 0.383 e. The number of hydrogen-bond acceptors (Lipinski definition) is 4. The van der Waals surface area contributed by atoms with Crippen LogP contribution in [-0.4, -0.2) is 86.7 Å². The molecule has 0 saturated carbocycles. The summed E-state index contributed by atoms with van der Waals surface area (Å²) < 4.78 is 5.30. The monoisotopic (exact) mass is 428 g/mol. The molecule has 0 aliphatic carbocycles. The number of nitrogens with zero attached hydrogens (tertiary/aromatic N) is 3. The molecule has 1 unspecified atom stereocenters. The highest BCUT2D eigenvalue weighted by atomic mass is 16.5. The molecule has 3 aliphatic rings. The number of nitrogens with one attached hydrogen (secondary N) is 1. The minimum Gasteiger partial charge on any atom is -0.383 e. The van der Waals surface area contributed by atoms with E-state index in [2.05, 4.69) is 23.2 Å². The number of piperidine rings is 1. The first-order valence-corrected chi connectivity index (χ1v) is 11.5.